The van der Waals surface area contributed by atoms with E-state index < -0.39 is 12.1 Å². The summed E-state index contributed by atoms with van der Waals surface area (Å²) in [6.45, 7) is 1.55. The molecule has 5 nitrogen and oxygen atoms in total. The maximum absolute atomic E-state index is 12.0. The molecule has 21 heavy (non-hydrogen) atoms. The normalized spacial score (nSPS) is 11.8. The Balaban J connectivity index is 2.08. The van der Waals surface area contributed by atoms with Gasteiger partial charge in [-0.25, -0.2) is 9.78 Å². The molecular formula is C15H16N2O3S. The first kappa shape index (κ1) is 15.2. The second-order valence-corrected chi connectivity index (χ2v) is 5.54. The maximum atomic E-state index is 12.0. The molecule has 1 heterocycles. The minimum atomic E-state index is -0.825. The van der Waals surface area contributed by atoms with Crippen molar-refractivity contribution >= 4 is 23.2 Å². The van der Waals surface area contributed by atoms with Crippen LogP contribution in [-0.2, 0) is 9.53 Å². The van der Waals surface area contributed by atoms with Crippen molar-refractivity contribution in [3.63, 3.8) is 0 Å². The van der Waals surface area contributed by atoms with Crippen LogP contribution in [0.2, 0.25) is 0 Å². The Morgan fingerprint density at radius 3 is 2.52 bits per heavy atom. The van der Waals surface area contributed by atoms with E-state index in [1.54, 1.807) is 26.4 Å². The van der Waals surface area contributed by atoms with Gasteiger partial charge in [0.2, 0.25) is 0 Å². The summed E-state index contributed by atoms with van der Waals surface area (Å²) in [6, 6.07) is 9.58. The molecule has 0 bridgehead atoms. The van der Waals surface area contributed by atoms with Crippen molar-refractivity contribution in [1.82, 2.24) is 9.88 Å². The molecule has 0 fully saturated rings. The van der Waals surface area contributed by atoms with Gasteiger partial charge < -0.3 is 9.64 Å². The quantitative estimate of drug-likeness (QED) is 0.814. The van der Waals surface area contributed by atoms with Crippen LogP contribution in [0.5, 0.6) is 0 Å². The van der Waals surface area contributed by atoms with E-state index >= 15 is 0 Å². The number of rotatable bonds is 4. The summed E-state index contributed by atoms with van der Waals surface area (Å²) >= 11 is 1.37. The van der Waals surface area contributed by atoms with Crippen molar-refractivity contribution < 1.29 is 14.3 Å². The number of likely N-dealkylation sites (N-methyl/N-ethyl adjacent to an activating group) is 1. The lowest BCUT2D eigenvalue weighted by Crippen LogP contribution is -2.34. The molecule has 110 valence electrons. The molecule has 2 rings (SSSR count). The molecule has 0 aliphatic rings. The van der Waals surface area contributed by atoms with Gasteiger partial charge in [-0.1, -0.05) is 30.3 Å². The molecule has 1 amide bonds. The van der Waals surface area contributed by atoms with E-state index in [1.165, 1.54) is 16.2 Å². The number of nitrogens with zero attached hydrogens (tertiary/aromatic N) is 2. The second kappa shape index (κ2) is 6.49. The first-order chi connectivity index (χ1) is 9.99. The number of hydrogen-bond donors (Lipinski definition) is 0. The summed E-state index contributed by atoms with van der Waals surface area (Å²) in [5, 5.41) is 2.38. The van der Waals surface area contributed by atoms with Gasteiger partial charge in [0.1, 0.15) is 5.01 Å². The van der Waals surface area contributed by atoms with E-state index in [0.29, 0.717) is 0 Å². The van der Waals surface area contributed by atoms with Crippen LogP contribution in [0.1, 0.15) is 17.4 Å². The van der Waals surface area contributed by atoms with E-state index in [0.717, 1.165) is 10.6 Å². The van der Waals surface area contributed by atoms with Gasteiger partial charge in [-0.3, -0.25) is 4.79 Å². The average Bonchev–Trinajstić information content (AvgIpc) is 2.97. The largest absolute Gasteiger partial charge is 0.448 e. The summed E-state index contributed by atoms with van der Waals surface area (Å²) in [5.74, 6) is -0.849. The number of benzene rings is 1. The van der Waals surface area contributed by atoms with Gasteiger partial charge in [-0.15, -0.1) is 11.3 Å². The highest BCUT2D eigenvalue weighted by Gasteiger charge is 2.22. The zero-order valence-corrected chi connectivity index (χ0v) is 12.9. The highest BCUT2D eigenvalue weighted by molar-refractivity contribution is 7.13. The zero-order valence-electron chi connectivity index (χ0n) is 12.1. The minimum absolute atomic E-state index is 0.220. The third kappa shape index (κ3) is 3.66. The number of hydrogen-bond acceptors (Lipinski definition) is 5. The molecule has 1 aromatic carbocycles. The smallest absolute Gasteiger partial charge is 0.358 e. The van der Waals surface area contributed by atoms with E-state index in [1.807, 2.05) is 30.3 Å². The predicted octanol–water partition coefficient (Wildman–Crippen LogP) is 2.44. The Bertz CT molecular complexity index is 637. The lowest BCUT2D eigenvalue weighted by molar-refractivity contribution is -0.137. The average molecular weight is 304 g/mol. The zero-order chi connectivity index (χ0) is 15.4. The van der Waals surface area contributed by atoms with Gasteiger partial charge in [0.05, 0.1) is 0 Å². The number of carbonyl (C=O) groups is 2. The molecule has 0 unspecified atom stereocenters. The van der Waals surface area contributed by atoms with E-state index in [4.69, 9.17) is 4.74 Å². The van der Waals surface area contributed by atoms with Crippen molar-refractivity contribution in [2.75, 3.05) is 14.1 Å². The fourth-order valence-electron chi connectivity index (χ4n) is 1.72. The number of amides is 1. The topological polar surface area (TPSA) is 59.5 Å². The molecule has 2 aromatic rings. The van der Waals surface area contributed by atoms with Gasteiger partial charge >= 0.3 is 5.97 Å². The van der Waals surface area contributed by atoms with Gasteiger partial charge in [0.25, 0.3) is 5.91 Å². The predicted molar refractivity (Wildman–Crippen MR) is 81.1 cm³/mol. The monoisotopic (exact) mass is 304 g/mol. The Hall–Kier alpha value is -2.21. The van der Waals surface area contributed by atoms with E-state index in [9.17, 15) is 9.59 Å². The fraction of sp³-hybridized carbons (Fsp3) is 0.267. The van der Waals surface area contributed by atoms with E-state index in [-0.39, 0.29) is 11.6 Å². The Morgan fingerprint density at radius 1 is 1.24 bits per heavy atom. The van der Waals surface area contributed by atoms with Crippen LogP contribution in [0.15, 0.2) is 35.7 Å². The summed E-state index contributed by atoms with van der Waals surface area (Å²) < 4.78 is 5.12. The number of esters is 1. The molecule has 0 saturated carbocycles. The molecular weight excluding hydrogens is 288 g/mol. The lowest BCUT2D eigenvalue weighted by atomic mass is 10.2. The highest BCUT2D eigenvalue weighted by atomic mass is 32.1. The van der Waals surface area contributed by atoms with Crippen molar-refractivity contribution in [2.45, 2.75) is 13.0 Å². The van der Waals surface area contributed by atoms with Crippen LogP contribution in [0, 0.1) is 0 Å². The molecule has 1 aromatic heterocycles. The molecule has 0 radical (unpaired) electrons. The Labute approximate surface area is 127 Å². The molecule has 6 heteroatoms. The molecule has 0 saturated heterocycles. The fourth-order valence-corrected chi connectivity index (χ4v) is 2.51. The molecule has 0 N–H and O–H groups in total. The minimum Gasteiger partial charge on any atom is -0.448 e. The number of aromatic nitrogens is 1. The highest BCUT2D eigenvalue weighted by Crippen LogP contribution is 2.23. The van der Waals surface area contributed by atoms with Crippen molar-refractivity contribution in [2.24, 2.45) is 0 Å². The lowest BCUT2D eigenvalue weighted by Gasteiger charge is -2.16. The molecule has 0 spiro atoms. The van der Waals surface area contributed by atoms with Crippen LogP contribution in [0.4, 0.5) is 0 Å². The van der Waals surface area contributed by atoms with Gasteiger partial charge in [-0.2, -0.15) is 0 Å². The Morgan fingerprint density at radius 2 is 1.90 bits per heavy atom. The first-order valence-corrected chi connectivity index (χ1v) is 7.30. The second-order valence-electron chi connectivity index (χ2n) is 4.68. The summed E-state index contributed by atoms with van der Waals surface area (Å²) in [7, 11) is 3.23. The van der Waals surface area contributed by atoms with Crippen molar-refractivity contribution in [3.8, 4) is 10.6 Å². The third-order valence-electron chi connectivity index (χ3n) is 2.81. The molecule has 0 aliphatic heterocycles. The van der Waals surface area contributed by atoms with Crippen molar-refractivity contribution in [1.29, 1.82) is 0 Å². The summed E-state index contributed by atoms with van der Waals surface area (Å²) in [6.07, 6.45) is -0.825. The maximum Gasteiger partial charge on any atom is 0.358 e. The molecule has 0 aliphatic carbocycles. The van der Waals surface area contributed by atoms with E-state index in [2.05, 4.69) is 4.98 Å². The SMILES string of the molecule is C[C@H](OC(=O)c1csc(-c2ccccc2)n1)C(=O)N(C)C. The summed E-state index contributed by atoms with van der Waals surface area (Å²) in [4.78, 5) is 29.3. The number of ether oxygens (including phenoxy) is 1. The van der Waals surface area contributed by atoms with Crippen LogP contribution in [-0.4, -0.2) is 42.0 Å². The van der Waals surface area contributed by atoms with Crippen LogP contribution in [0.25, 0.3) is 10.6 Å². The standard InChI is InChI=1S/C15H16N2O3S/c1-10(14(18)17(2)3)20-15(19)12-9-21-13(16-12)11-7-5-4-6-8-11/h4-10H,1-3H3/t10-/m0/s1. The molecule has 1 atom stereocenters. The Kier molecular flexibility index (Phi) is 4.70. The van der Waals surface area contributed by atoms with Gasteiger partial charge in [0.15, 0.2) is 11.8 Å². The van der Waals surface area contributed by atoms with Crippen LogP contribution in [0.3, 0.4) is 0 Å². The first-order valence-electron chi connectivity index (χ1n) is 6.42. The van der Waals surface area contributed by atoms with Crippen LogP contribution < -0.4 is 0 Å². The van der Waals surface area contributed by atoms with Gasteiger partial charge in [0, 0.05) is 25.0 Å². The van der Waals surface area contributed by atoms with Crippen LogP contribution >= 0.6 is 11.3 Å². The van der Waals surface area contributed by atoms with Crippen molar-refractivity contribution in [3.05, 3.63) is 41.4 Å². The third-order valence-corrected chi connectivity index (χ3v) is 3.70. The number of carbonyl (C=O) groups excluding carboxylic acids is 2. The van der Waals surface area contributed by atoms with Gasteiger partial charge in [-0.05, 0) is 6.92 Å². The number of thiazole rings is 1. The summed E-state index contributed by atoms with van der Waals surface area (Å²) in [5.41, 5.74) is 1.16.